The van der Waals surface area contributed by atoms with Gasteiger partial charge < -0.3 is 38.8 Å². The molecule has 0 spiro atoms. The van der Waals surface area contributed by atoms with Gasteiger partial charge in [0.15, 0.2) is 5.67 Å². The SMILES string of the molecule is CCn1c(-c2cccnc2[C@H](C)OC)c2c3cc(ccc31)N1CCO[C@@H](C[C@H](NC(=O)[C@H](C(C)C)N(C)C(=O)C3(F)CCN(C(=O)C#CC(C)(C)N(C)C)CC3)C(=O)N3CCC[C@H](N3)C(=O)OCC(C)(C)C2)C1. The number of morpholine rings is 1. The summed E-state index contributed by atoms with van der Waals surface area (Å²) in [6, 6.07) is 7.37. The lowest BCUT2D eigenvalue weighted by Gasteiger charge is -2.41. The molecular formula is C55H78FN9O8. The number of likely N-dealkylation sites (N-methyl/N-ethyl adjacent to an activating group) is 1. The lowest BCUT2D eigenvalue weighted by atomic mass is 9.84. The average Bonchev–Trinajstić information content (AvgIpc) is 3.67. The number of nitrogens with zero attached hydrogens (tertiary/aromatic N) is 7. The van der Waals surface area contributed by atoms with Crippen molar-refractivity contribution in [3.8, 4) is 23.1 Å². The number of aryl methyl sites for hydroxylation is 1. The summed E-state index contributed by atoms with van der Waals surface area (Å²) in [6.45, 7) is 18.0. The van der Waals surface area contributed by atoms with Gasteiger partial charge in [-0.05, 0) is 109 Å². The molecule has 2 aromatic heterocycles. The summed E-state index contributed by atoms with van der Waals surface area (Å²) in [6.07, 6.45) is 2.04. The summed E-state index contributed by atoms with van der Waals surface area (Å²) < 4.78 is 37.5. The Hall–Kier alpha value is -5.61. The number of methoxy groups -OCH3 is 1. The molecule has 73 heavy (non-hydrogen) atoms. The lowest BCUT2D eigenvalue weighted by molar-refractivity contribution is -0.156. The quantitative estimate of drug-likeness (QED) is 0.199. The van der Waals surface area contributed by atoms with Gasteiger partial charge in [-0.15, -0.1) is 0 Å². The first kappa shape index (κ1) is 55.1. The molecule has 0 saturated carbocycles. The van der Waals surface area contributed by atoms with Crippen LogP contribution in [0.25, 0.3) is 22.2 Å². The summed E-state index contributed by atoms with van der Waals surface area (Å²) in [7, 11) is 6.82. The van der Waals surface area contributed by atoms with Gasteiger partial charge in [0.05, 0.1) is 42.3 Å². The van der Waals surface area contributed by atoms with E-state index in [1.807, 2.05) is 45.8 Å². The molecule has 1 aromatic carbocycles. The molecule has 0 aliphatic carbocycles. The van der Waals surface area contributed by atoms with Crippen molar-refractivity contribution in [1.29, 1.82) is 0 Å². The van der Waals surface area contributed by atoms with Crippen molar-refractivity contribution < 1.29 is 42.6 Å². The van der Waals surface area contributed by atoms with Crippen molar-refractivity contribution in [2.24, 2.45) is 11.3 Å². The van der Waals surface area contributed by atoms with E-state index in [0.29, 0.717) is 45.5 Å². The number of anilines is 1. The molecule has 4 amide bonds. The van der Waals surface area contributed by atoms with Crippen LogP contribution in [0.5, 0.6) is 0 Å². The maximum Gasteiger partial charge on any atom is 0.324 e. The molecular weight excluding hydrogens is 934 g/mol. The van der Waals surface area contributed by atoms with Crippen LogP contribution in [0, 0.1) is 23.2 Å². The number of cyclic esters (lactones) is 1. The van der Waals surface area contributed by atoms with Crippen LogP contribution in [0.2, 0.25) is 0 Å². The number of fused-ring (bicyclic) bond motifs is 6. The van der Waals surface area contributed by atoms with Gasteiger partial charge in [0.25, 0.3) is 17.7 Å². The smallest absolute Gasteiger partial charge is 0.324 e. The van der Waals surface area contributed by atoms with Gasteiger partial charge in [-0.3, -0.25) is 38.9 Å². The maximum atomic E-state index is 16.8. The highest BCUT2D eigenvalue weighted by Gasteiger charge is 2.48. The maximum absolute atomic E-state index is 16.8. The average molecular weight is 1010 g/mol. The summed E-state index contributed by atoms with van der Waals surface area (Å²) >= 11 is 0. The van der Waals surface area contributed by atoms with Gasteiger partial charge >= 0.3 is 5.97 Å². The molecule has 7 rings (SSSR count). The second-order valence-electron chi connectivity index (χ2n) is 22.2. The van der Waals surface area contributed by atoms with E-state index in [-0.39, 0.29) is 51.6 Å². The Morgan fingerprint density at radius 2 is 1.79 bits per heavy atom. The Morgan fingerprint density at radius 1 is 1.07 bits per heavy atom. The molecule has 0 radical (unpaired) electrons. The molecule has 17 nitrogen and oxygen atoms in total. The number of alkyl halides is 1. The number of hydrogen-bond donors (Lipinski definition) is 2. The Bertz CT molecular complexity index is 2590. The van der Waals surface area contributed by atoms with E-state index in [1.54, 1.807) is 27.2 Å². The number of esters is 1. The Morgan fingerprint density at radius 3 is 2.47 bits per heavy atom. The number of amides is 4. The first-order chi connectivity index (χ1) is 34.5. The van der Waals surface area contributed by atoms with E-state index < -0.39 is 76.4 Å². The predicted octanol–water partition coefficient (Wildman–Crippen LogP) is 5.29. The monoisotopic (exact) mass is 1010 g/mol. The Kier molecular flexibility index (Phi) is 17.0. The van der Waals surface area contributed by atoms with E-state index in [2.05, 4.69) is 77.1 Å². The molecule has 398 valence electrons. The van der Waals surface area contributed by atoms with Crippen LogP contribution < -0.4 is 15.6 Å². The Labute approximate surface area is 430 Å². The summed E-state index contributed by atoms with van der Waals surface area (Å²) in [5.74, 6) is 2.27. The Balaban J connectivity index is 1.18. The molecule has 6 bridgehead atoms. The van der Waals surface area contributed by atoms with Crippen molar-refractivity contribution >= 4 is 46.2 Å². The molecule has 3 saturated heterocycles. The third kappa shape index (κ3) is 12.0. The van der Waals surface area contributed by atoms with E-state index in [4.69, 9.17) is 19.2 Å². The second-order valence-corrected chi connectivity index (χ2v) is 22.2. The standard InChI is InChI=1S/C55H78FN9O8/c1-13-64-44-19-18-37-30-40(44)41(48(64)39-16-14-24-57-46(39)36(4)71-12)32-53(5,6)34-73-51(69)42-17-15-25-65(59-42)50(68)43(31-38-33-63(37)28-29-72-38)58-49(67)47(35(2)3)61(11)52(70)55(56)22-26-62(27-23-55)45(66)20-21-54(7,8)60(9)10/h14,16,18-19,24,30,35-36,38,42-43,47,59H,13,15,17,22-23,25-29,31-34H2,1-12H3,(H,58,67)/t36-,38-,42-,43-,47-/m0/s1. The molecule has 18 heteroatoms. The highest BCUT2D eigenvalue weighted by molar-refractivity contribution is 5.97. The van der Waals surface area contributed by atoms with Gasteiger partial charge in [-0.2, -0.15) is 0 Å². The van der Waals surface area contributed by atoms with Gasteiger partial charge in [0, 0.05) is 106 Å². The molecule has 6 heterocycles. The van der Waals surface area contributed by atoms with Gasteiger partial charge in [-0.1, -0.05) is 33.6 Å². The number of piperidine rings is 1. The van der Waals surface area contributed by atoms with E-state index in [9.17, 15) is 24.0 Å². The number of nitrogens with one attached hydrogen (secondary N) is 2. The summed E-state index contributed by atoms with van der Waals surface area (Å²) in [5, 5.41) is 5.43. The number of pyridine rings is 1. The van der Waals surface area contributed by atoms with Gasteiger partial charge in [0.2, 0.25) is 5.91 Å². The topological polar surface area (TPSA) is 171 Å². The minimum Gasteiger partial charge on any atom is -0.464 e. The number of rotatable bonds is 10. The molecule has 5 atom stereocenters. The predicted molar refractivity (Wildman–Crippen MR) is 278 cm³/mol. The van der Waals surface area contributed by atoms with Crippen molar-refractivity contribution in [2.45, 2.75) is 142 Å². The summed E-state index contributed by atoms with van der Waals surface area (Å²) in [4.78, 5) is 82.2. The number of carbonyl (C=O) groups is 5. The first-order valence-corrected chi connectivity index (χ1v) is 26.0. The van der Waals surface area contributed by atoms with Crippen molar-refractivity contribution in [3.63, 3.8) is 0 Å². The zero-order valence-electron chi connectivity index (χ0n) is 45.1. The third-order valence-corrected chi connectivity index (χ3v) is 15.4. The molecule has 2 N–H and O–H groups in total. The normalized spacial score (nSPS) is 22.5. The molecule has 3 fully saturated rings. The largest absolute Gasteiger partial charge is 0.464 e. The van der Waals surface area contributed by atoms with E-state index >= 15 is 4.39 Å². The number of ether oxygens (including phenoxy) is 3. The lowest BCUT2D eigenvalue weighted by Crippen LogP contribution is -2.63. The van der Waals surface area contributed by atoms with E-state index in [0.717, 1.165) is 44.0 Å². The zero-order chi connectivity index (χ0) is 53.2. The van der Waals surface area contributed by atoms with Crippen LogP contribution in [-0.4, -0.2) is 168 Å². The van der Waals surface area contributed by atoms with Crippen LogP contribution in [0.1, 0.15) is 105 Å². The van der Waals surface area contributed by atoms with Crippen molar-refractivity contribution in [1.82, 2.24) is 40.0 Å². The van der Waals surface area contributed by atoms with Gasteiger partial charge in [0.1, 0.15) is 18.1 Å². The molecule has 0 unspecified atom stereocenters. The molecule has 4 aliphatic heterocycles. The van der Waals surface area contributed by atoms with Gasteiger partial charge in [-0.25, -0.2) is 9.82 Å². The van der Waals surface area contributed by atoms with Crippen LogP contribution in [0.4, 0.5) is 10.1 Å². The number of carbonyl (C=O) groups excluding carboxylic acids is 5. The highest BCUT2D eigenvalue weighted by atomic mass is 19.1. The molecule has 3 aromatic rings. The number of hydrazine groups is 1. The highest BCUT2D eigenvalue weighted by Crippen LogP contribution is 2.42. The zero-order valence-corrected chi connectivity index (χ0v) is 45.1. The number of likely N-dealkylation sites (tertiary alicyclic amines) is 1. The minimum atomic E-state index is -2.34. The second kappa shape index (κ2) is 22.5. The fourth-order valence-electron chi connectivity index (χ4n) is 10.6. The fourth-order valence-corrected chi connectivity index (χ4v) is 10.6. The third-order valence-electron chi connectivity index (χ3n) is 15.4. The van der Waals surface area contributed by atoms with Crippen LogP contribution in [0.15, 0.2) is 36.5 Å². The van der Waals surface area contributed by atoms with Crippen LogP contribution in [-0.2, 0) is 51.1 Å². The fraction of sp³-hybridized carbons (Fsp3) is 0.636. The summed E-state index contributed by atoms with van der Waals surface area (Å²) in [5.41, 5.74) is 5.66. The minimum absolute atomic E-state index is 0.0172. The number of halogens is 1. The number of benzene rings is 1. The molecule has 4 aliphatic rings. The van der Waals surface area contributed by atoms with Crippen LogP contribution >= 0.6 is 0 Å². The van der Waals surface area contributed by atoms with E-state index in [1.165, 1.54) is 17.0 Å². The number of aromatic nitrogens is 2. The van der Waals surface area contributed by atoms with Crippen molar-refractivity contribution in [3.05, 3.63) is 47.8 Å². The first-order valence-electron chi connectivity index (χ1n) is 26.0. The van der Waals surface area contributed by atoms with Crippen LogP contribution in [0.3, 0.4) is 0 Å². The number of hydrogen-bond acceptors (Lipinski definition) is 12. The van der Waals surface area contributed by atoms with Crippen molar-refractivity contribution in [2.75, 3.05) is 79.1 Å².